The number of hydrogen-bond acceptors (Lipinski definition) is 5. The van der Waals surface area contributed by atoms with E-state index in [0.29, 0.717) is 0 Å². The van der Waals surface area contributed by atoms with Crippen molar-refractivity contribution >= 4 is 22.9 Å². The number of amides is 1. The maximum absolute atomic E-state index is 12.6. The van der Waals surface area contributed by atoms with Crippen LogP contribution in [0.15, 0.2) is 53.9 Å². The van der Waals surface area contributed by atoms with Crippen LogP contribution in [-0.2, 0) is 23.2 Å². The molecule has 0 spiro atoms. The van der Waals surface area contributed by atoms with Crippen LogP contribution in [0.1, 0.15) is 37.6 Å². The summed E-state index contributed by atoms with van der Waals surface area (Å²) in [6.07, 6.45) is 0.276. The van der Waals surface area contributed by atoms with Crippen LogP contribution >= 0.6 is 11.3 Å². The van der Waals surface area contributed by atoms with Crippen molar-refractivity contribution in [2.75, 3.05) is 38.5 Å². The first-order chi connectivity index (χ1) is 15.8. The number of likely N-dealkylation sites (N-methyl/N-ethyl adjacent to an activating group) is 1. The monoisotopic (exact) mass is 462 g/mol. The average Bonchev–Trinajstić information content (AvgIpc) is 3.24. The van der Waals surface area contributed by atoms with Crippen LogP contribution in [0.3, 0.4) is 0 Å². The smallest absolute Gasteiger partial charge is 0.230 e. The summed E-state index contributed by atoms with van der Waals surface area (Å²) in [6, 6.07) is 16.7. The van der Waals surface area contributed by atoms with Gasteiger partial charge in [-0.1, -0.05) is 51.1 Å². The summed E-state index contributed by atoms with van der Waals surface area (Å²) in [5.41, 5.74) is 5.41. The van der Waals surface area contributed by atoms with Gasteiger partial charge in [-0.2, -0.15) is 0 Å². The normalized spacial score (nSPS) is 15.5. The summed E-state index contributed by atoms with van der Waals surface area (Å²) in [4.78, 5) is 22.2. The van der Waals surface area contributed by atoms with Gasteiger partial charge >= 0.3 is 0 Å². The third-order valence-corrected chi connectivity index (χ3v) is 7.04. The largest absolute Gasteiger partial charge is 0.326 e. The molecule has 0 bridgehead atoms. The lowest BCUT2D eigenvalue weighted by Crippen LogP contribution is -2.43. The standard InChI is InChI=1S/C27H34N4OS/c1-27(2,3)22-8-10-23(11-9-22)28-25(32)17-24-19-33-26(29-24)21-7-5-6-20(16-21)18-31-14-12-30(4)13-15-31/h5-11,16,19H,12-15,17-18H2,1-4H3,(H,28,32). The molecule has 1 N–H and O–H groups in total. The molecule has 1 aliphatic rings. The lowest BCUT2D eigenvalue weighted by Gasteiger charge is -2.32. The predicted octanol–water partition coefficient (Wildman–Crippen LogP) is 5.04. The summed E-state index contributed by atoms with van der Waals surface area (Å²) >= 11 is 1.60. The van der Waals surface area contributed by atoms with E-state index < -0.39 is 0 Å². The van der Waals surface area contributed by atoms with Crippen LogP contribution in [0.2, 0.25) is 0 Å². The molecule has 1 aromatic heterocycles. The Morgan fingerprint density at radius 2 is 1.79 bits per heavy atom. The molecule has 4 rings (SSSR count). The van der Waals surface area contributed by atoms with Crippen LogP contribution in [0, 0.1) is 0 Å². The van der Waals surface area contributed by atoms with Gasteiger partial charge in [0.05, 0.1) is 12.1 Å². The number of piperazine rings is 1. The molecule has 174 valence electrons. The van der Waals surface area contributed by atoms with Gasteiger partial charge in [0.15, 0.2) is 0 Å². The van der Waals surface area contributed by atoms with Gasteiger partial charge in [0.1, 0.15) is 5.01 Å². The van der Waals surface area contributed by atoms with Crippen LogP contribution in [0.4, 0.5) is 5.69 Å². The third-order valence-electron chi connectivity index (χ3n) is 6.10. The van der Waals surface area contributed by atoms with Crippen LogP contribution in [0.5, 0.6) is 0 Å². The Morgan fingerprint density at radius 3 is 2.48 bits per heavy atom. The number of nitrogens with one attached hydrogen (secondary N) is 1. The minimum Gasteiger partial charge on any atom is -0.326 e. The zero-order valence-electron chi connectivity index (χ0n) is 20.1. The van der Waals surface area contributed by atoms with Crippen molar-refractivity contribution in [3.8, 4) is 10.6 Å². The molecule has 5 nitrogen and oxygen atoms in total. The first-order valence-corrected chi connectivity index (χ1v) is 12.5. The van der Waals surface area contributed by atoms with Gasteiger partial charge in [-0.05, 0) is 41.8 Å². The van der Waals surface area contributed by atoms with Crippen molar-refractivity contribution in [2.24, 2.45) is 0 Å². The third kappa shape index (κ3) is 6.50. The Morgan fingerprint density at radius 1 is 1.06 bits per heavy atom. The summed E-state index contributed by atoms with van der Waals surface area (Å²) in [5.74, 6) is -0.0424. The van der Waals surface area contributed by atoms with Gasteiger partial charge in [0.2, 0.25) is 5.91 Å². The molecule has 1 saturated heterocycles. The van der Waals surface area contributed by atoms with Gasteiger partial charge in [-0.25, -0.2) is 4.98 Å². The molecule has 1 aliphatic heterocycles. The van der Waals surface area contributed by atoms with E-state index in [1.807, 2.05) is 17.5 Å². The van der Waals surface area contributed by atoms with Crippen molar-refractivity contribution in [2.45, 2.75) is 39.2 Å². The zero-order valence-corrected chi connectivity index (χ0v) is 20.9. The fraction of sp³-hybridized carbons (Fsp3) is 0.407. The first kappa shape index (κ1) is 23.6. The van der Waals surface area contributed by atoms with E-state index in [4.69, 9.17) is 4.98 Å². The van der Waals surface area contributed by atoms with Crippen LogP contribution in [0.25, 0.3) is 10.6 Å². The van der Waals surface area contributed by atoms with Gasteiger partial charge in [-0.3, -0.25) is 9.69 Å². The minimum atomic E-state index is -0.0424. The van der Waals surface area contributed by atoms with E-state index in [9.17, 15) is 4.79 Å². The SMILES string of the molecule is CN1CCN(Cc2cccc(-c3nc(CC(=O)Nc4ccc(C(C)(C)C)cc4)cs3)c2)CC1. The van der Waals surface area contributed by atoms with Crippen molar-refractivity contribution in [1.29, 1.82) is 0 Å². The summed E-state index contributed by atoms with van der Waals surface area (Å²) in [6.45, 7) is 12.0. The average molecular weight is 463 g/mol. The zero-order chi connectivity index (χ0) is 23.4. The predicted molar refractivity (Wildman–Crippen MR) is 138 cm³/mol. The molecular weight excluding hydrogens is 428 g/mol. The Bertz CT molecular complexity index is 1080. The van der Waals surface area contributed by atoms with Gasteiger partial charge in [0, 0.05) is 49.4 Å². The number of benzene rings is 2. The highest BCUT2D eigenvalue weighted by Crippen LogP contribution is 2.26. The number of aromatic nitrogens is 1. The Kier molecular flexibility index (Phi) is 7.27. The van der Waals surface area contributed by atoms with Crippen LogP contribution in [-0.4, -0.2) is 53.9 Å². The summed E-state index contributed by atoms with van der Waals surface area (Å²) in [5, 5.41) is 5.95. The molecule has 0 atom stereocenters. The van der Waals surface area contributed by atoms with Gasteiger partial charge < -0.3 is 10.2 Å². The molecular formula is C27H34N4OS. The van der Waals surface area contributed by atoms with E-state index >= 15 is 0 Å². The highest BCUT2D eigenvalue weighted by Gasteiger charge is 2.16. The maximum Gasteiger partial charge on any atom is 0.230 e. The topological polar surface area (TPSA) is 48.5 Å². The molecule has 0 unspecified atom stereocenters. The van der Waals surface area contributed by atoms with E-state index in [1.165, 1.54) is 11.1 Å². The van der Waals surface area contributed by atoms with Crippen molar-refractivity contribution in [3.05, 3.63) is 70.7 Å². The van der Waals surface area contributed by atoms with Crippen molar-refractivity contribution in [3.63, 3.8) is 0 Å². The molecule has 3 aromatic rings. The fourth-order valence-electron chi connectivity index (χ4n) is 4.01. The quantitative estimate of drug-likeness (QED) is 0.558. The van der Waals surface area contributed by atoms with Gasteiger partial charge in [0.25, 0.3) is 0 Å². The second kappa shape index (κ2) is 10.2. The number of thiazole rings is 1. The number of hydrogen-bond donors (Lipinski definition) is 1. The minimum absolute atomic E-state index is 0.0424. The number of anilines is 1. The maximum atomic E-state index is 12.6. The summed E-state index contributed by atoms with van der Waals surface area (Å²) < 4.78 is 0. The Balaban J connectivity index is 1.35. The number of rotatable bonds is 6. The Hall–Kier alpha value is -2.54. The van der Waals surface area contributed by atoms with E-state index in [1.54, 1.807) is 11.3 Å². The first-order valence-electron chi connectivity index (χ1n) is 11.6. The van der Waals surface area contributed by atoms with Gasteiger partial charge in [-0.15, -0.1) is 11.3 Å². The molecule has 1 amide bonds. The van der Waals surface area contributed by atoms with Crippen molar-refractivity contribution in [1.82, 2.24) is 14.8 Å². The fourth-order valence-corrected chi connectivity index (χ4v) is 4.83. The molecule has 33 heavy (non-hydrogen) atoms. The molecule has 0 saturated carbocycles. The number of carbonyl (C=O) groups excluding carboxylic acids is 1. The number of carbonyl (C=O) groups is 1. The molecule has 1 fully saturated rings. The second-order valence-electron chi connectivity index (χ2n) is 9.98. The molecule has 6 heteroatoms. The van der Waals surface area contributed by atoms with E-state index in [0.717, 1.165) is 54.7 Å². The molecule has 0 aliphatic carbocycles. The lowest BCUT2D eigenvalue weighted by molar-refractivity contribution is -0.115. The molecule has 2 heterocycles. The Labute approximate surface area is 201 Å². The van der Waals surface area contributed by atoms with Crippen LogP contribution < -0.4 is 5.32 Å². The van der Waals surface area contributed by atoms with E-state index in [2.05, 4.69) is 79.3 Å². The second-order valence-corrected chi connectivity index (χ2v) is 10.8. The van der Waals surface area contributed by atoms with E-state index in [-0.39, 0.29) is 17.7 Å². The highest BCUT2D eigenvalue weighted by atomic mass is 32.1. The molecule has 0 radical (unpaired) electrons. The highest BCUT2D eigenvalue weighted by molar-refractivity contribution is 7.13. The van der Waals surface area contributed by atoms with Crippen molar-refractivity contribution < 1.29 is 4.79 Å². The molecule has 2 aromatic carbocycles. The number of nitrogens with zero attached hydrogens (tertiary/aromatic N) is 3. The lowest BCUT2D eigenvalue weighted by atomic mass is 9.87. The summed E-state index contributed by atoms with van der Waals surface area (Å²) in [7, 11) is 2.18.